The molecule has 1 amide bonds. The van der Waals surface area contributed by atoms with Crippen LogP contribution in [0.2, 0.25) is 0 Å². The molecule has 5 heteroatoms. The normalized spacial score (nSPS) is 25.6. The van der Waals surface area contributed by atoms with Crippen molar-refractivity contribution in [2.24, 2.45) is 4.99 Å². The molecule has 94 valence electrons. The lowest BCUT2D eigenvalue weighted by molar-refractivity contribution is -0.116. The molecule has 1 aromatic carbocycles. The molecule has 0 spiro atoms. The molecule has 4 nitrogen and oxygen atoms in total. The number of likely N-dealkylation sites (N-methyl/N-ethyl adjacent to an activating group) is 1. The van der Waals surface area contributed by atoms with E-state index < -0.39 is 0 Å². The predicted octanol–water partition coefficient (Wildman–Crippen LogP) is 2.31. The number of hydrogen-bond acceptors (Lipinski definition) is 4. The minimum absolute atomic E-state index is 0.0220. The first-order valence-electron chi connectivity index (χ1n) is 5.92. The molecular formula is C13H15N3OS. The smallest absolute Gasteiger partial charge is 0.225 e. The molecular weight excluding hydrogens is 246 g/mol. The van der Waals surface area contributed by atoms with Gasteiger partial charge in [-0.2, -0.15) is 0 Å². The number of fused-ring (bicyclic) bond motifs is 2. The Morgan fingerprint density at radius 3 is 2.67 bits per heavy atom. The standard InChI is InChI=1S/C13H15N3OS/c1-8-14-12-13(18-8)16(9(2)17)11-7-5-4-6-10(11)15(12)3/h4-7,12-13H,1-3H3. The predicted molar refractivity (Wildman–Crippen MR) is 76.3 cm³/mol. The molecule has 2 aliphatic heterocycles. The van der Waals surface area contributed by atoms with Gasteiger partial charge in [0.15, 0.2) is 6.17 Å². The van der Waals surface area contributed by atoms with Crippen LogP contribution in [0, 0.1) is 0 Å². The molecule has 3 rings (SSSR count). The van der Waals surface area contributed by atoms with Crippen LogP contribution in [0.15, 0.2) is 29.3 Å². The Kier molecular flexibility index (Phi) is 2.59. The second-order valence-corrected chi connectivity index (χ2v) is 5.87. The number of hydrogen-bond donors (Lipinski definition) is 0. The van der Waals surface area contributed by atoms with Crippen LogP contribution in [0.4, 0.5) is 11.4 Å². The van der Waals surface area contributed by atoms with E-state index >= 15 is 0 Å². The lowest BCUT2D eigenvalue weighted by Crippen LogP contribution is -2.52. The van der Waals surface area contributed by atoms with Crippen LogP contribution in [0.5, 0.6) is 0 Å². The van der Waals surface area contributed by atoms with Crippen LogP contribution in [0.1, 0.15) is 13.8 Å². The van der Waals surface area contributed by atoms with Crippen molar-refractivity contribution in [1.82, 2.24) is 0 Å². The molecule has 1 aromatic rings. The summed E-state index contributed by atoms with van der Waals surface area (Å²) in [6.07, 6.45) is 0.0220. The van der Waals surface area contributed by atoms with Gasteiger partial charge in [-0.1, -0.05) is 23.9 Å². The minimum Gasteiger partial charge on any atom is -0.349 e. The summed E-state index contributed by atoms with van der Waals surface area (Å²) in [6.45, 7) is 3.62. The van der Waals surface area contributed by atoms with Gasteiger partial charge in [0.05, 0.1) is 16.4 Å². The summed E-state index contributed by atoms with van der Waals surface area (Å²) >= 11 is 1.67. The topological polar surface area (TPSA) is 35.9 Å². The van der Waals surface area contributed by atoms with Gasteiger partial charge in [0.2, 0.25) is 5.91 Å². The molecule has 0 fully saturated rings. The van der Waals surface area contributed by atoms with Gasteiger partial charge in [-0.3, -0.25) is 14.7 Å². The second kappa shape index (κ2) is 4.02. The Hall–Kier alpha value is -1.49. The Bertz CT molecular complexity index is 543. The van der Waals surface area contributed by atoms with Crippen molar-refractivity contribution in [2.45, 2.75) is 25.4 Å². The highest BCUT2D eigenvalue weighted by Gasteiger charge is 2.43. The SMILES string of the molecule is CC(=O)N1c2ccccc2N(C)C2N=C(C)SC21. The van der Waals surface area contributed by atoms with Crippen molar-refractivity contribution in [1.29, 1.82) is 0 Å². The largest absolute Gasteiger partial charge is 0.349 e. The average Bonchev–Trinajstić information content (AvgIpc) is 2.71. The summed E-state index contributed by atoms with van der Waals surface area (Å²) < 4.78 is 0. The number of thioether (sulfide) groups is 1. The zero-order chi connectivity index (χ0) is 12.9. The Labute approximate surface area is 111 Å². The fraction of sp³-hybridized carbons (Fsp3) is 0.385. The fourth-order valence-corrected chi connectivity index (χ4v) is 3.83. The number of aliphatic imine (C=N–C) groups is 1. The molecule has 2 unspecified atom stereocenters. The summed E-state index contributed by atoms with van der Waals surface area (Å²) in [6, 6.07) is 8.00. The molecule has 0 N–H and O–H groups in total. The molecule has 2 heterocycles. The lowest BCUT2D eigenvalue weighted by atomic mass is 10.1. The van der Waals surface area contributed by atoms with E-state index in [1.54, 1.807) is 18.7 Å². The van der Waals surface area contributed by atoms with Crippen molar-refractivity contribution in [3.8, 4) is 0 Å². The van der Waals surface area contributed by atoms with E-state index in [9.17, 15) is 4.79 Å². The van der Waals surface area contributed by atoms with Crippen LogP contribution in [0.3, 0.4) is 0 Å². The Morgan fingerprint density at radius 1 is 1.33 bits per heavy atom. The summed E-state index contributed by atoms with van der Waals surface area (Å²) in [5.41, 5.74) is 2.04. The number of anilines is 2. The highest BCUT2D eigenvalue weighted by Crippen LogP contribution is 2.44. The Morgan fingerprint density at radius 2 is 2.00 bits per heavy atom. The number of nitrogens with zero attached hydrogens (tertiary/aromatic N) is 3. The molecule has 18 heavy (non-hydrogen) atoms. The first-order valence-corrected chi connectivity index (χ1v) is 6.80. The minimum atomic E-state index is 0.0220. The van der Waals surface area contributed by atoms with Gasteiger partial charge in [-0.15, -0.1) is 0 Å². The van der Waals surface area contributed by atoms with Crippen molar-refractivity contribution in [3.63, 3.8) is 0 Å². The molecule has 0 saturated carbocycles. The van der Waals surface area contributed by atoms with Gasteiger partial charge in [0.1, 0.15) is 5.37 Å². The summed E-state index contributed by atoms with van der Waals surface area (Å²) in [4.78, 5) is 20.6. The van der Waals surface area contributed by atoms with E-state index in [4.69, 9.17) is 0 Å². The quantitative estimate of drug-likeness (QED) is 0.719. The first-order chi connectivity index (χ1) is 8.59. The Balaban J connectivity index is 2.15. The van der Waals surface area contributed by atoms with Crippen molar-refractivity contribution >= 4 is 34.1 Å². The van der Waals surface area contributed by atoms with Gasteiger partial charge >= 0.3 is 0 Å². The molecule has 2 atom stereocenters. The zero-order valence-corrected chi connectivity index (χ0v) is 11.4. The van der Waals surface area contributed by atoms with E-state index in [-0.39, 0.29) is 17.4 Å². The van der Waals surface area contributed by atoms with Crippen LogP contribution in [0.25, 0.3) is 0 Å². The van der Waals surface area contributed by atoms with E-state index in [1.165, 1.54) is 0 Å². The molecule has 0 radical (unpaired) electrons. The summed E-state index contributed by atoms with van der Waals surface area (Å²) in [5.74, 6) is 0.0722. The number of rotatable bonds is 0. The third kappa shape index (κ3) is 1.54. The van der Waals surface area contributed by atoms with Gasteiger partial charge in [0, 0.05) is 14.0 Å². The van der Waals surface area contributed by atoms with Gasteiger partial charge in [0.25, 0.3) is 0 Å². The second-order valence-electron chi connectivity index (χ2n) is 4.56. The fourth-order valence-electron chi connectivity index (χ4n) is 2.57. The van der Waals surface area contributed by atoms with Crippen molar-refractivity contribution in [2.75, 3.05) is 16.8 Å². The monoisotopic (exact) mass is 261 g/mol. The van der Waals surface area contributed by atoms with Crippen molar-refractivity contribution in [3.05, 3.63) is 24.3 Å². The number of carbonyl (C=O) groups excluding carboxylic acids is 1. The maximum absolute atomic E-state index is 12.0. The highest BCUT2D eigenvalue weighted by atomic mass is 32.2. The van der Waals surface area contributed by atoms with Gasteiger partial charge < -0.3 is 4.90 Å². The van der Waals surface area contributed by atoms with E-state index in [0.717, 1.165) is 16.4 Å². The molecule has 0 aromatic heterocycles. The van der Waals surface area contributed by atoms with E-state index in [2.05, 4.69) is 9.89 Å². The van der Waals surface area contributed by atoms with Crippen LogP contribution in [-0.4, -0.2) is 29.5 Å². The summed E-state index contributed by atoms with van der Waals surface area (Å²) in [7, 11) is 2.04. The molecule has 2 aliphatic rings. The van der Waals surface area contributed by atoms with Crippen LogP contribution >= 0.6 is 11.8 Å². The van der Waals surface area contributed by atoms with Gasteiger partial charge in [-0.25, -0.2) is 0 Å². The lowest BCUT2D eigenvalue weighted by Gasteiger charge is -2.42. The third-order valence-electron chi connectivity index (χ3n) is 3.37. The molecule has 0 aliphatic carbocycles. The maximum Gasteiger partial charge on any atom is 0.225 e. The number of para-hydroxylation sites is 2. The number of benzene rings is 1. The van der Waals surface area contributed by atoms with E-state index in [0.29, 0.717) is 0 Å². The maximum atomic E-state index is 12.0. The van der Waals surface area contributed by atoms with Gasteiger partial charge in [-0.05, 0) is 19.1 Å². The molecule has 0 bridgehead atoms. The number of carbonyl (C=O) groups is 1. The average molecular weight is 261 g/mol. The highest BCUT2D eigenvalue weighted by molar-refractivity contribution is 8.14. The third-order valence-corrected chi connectivity index (χ3v) is 4.51. The zero-order valence-electron chi connectivity index (χ0n) is 10.6. The van der Waals surface area contributed by atoms with Crippen LogP contribution < -0.4 is 9.80 Å². The first kappa shape index (κ1) is 11.6. The van der Waals surface area contributed by atoms with Crippen molar-refractivity contribution < 1.29 is 4.79 Å². The van der Waals surface area contributed by atoms with E-state index in [1.807, 2.05) is 43.1 Å². The molecule has 0 saturated heterocycles. The van der Waals surface area contributed by atoms with Crippen LogP contribution in [-0.2, 0) is 4.79 Å². The number of amides is 1. The summed E-state index contributed by atoms with van der Waals surface area (Å²) in [5, 5.41) is 1.10.